The van der Waals surface area contributed by atoms with Crippen molar-refractivity contribution >= 4 is 29.4 Å². The Hall–Kier alpha value is -3.44. The SMILES string of the molecule is Cc1ccc(OCC(=O)NC23CCC(NC(=O)COc4ccc(Cl)c(F)c4)(CC2)C[C@H]3OC(=O)[C@@H](N)C(C)C)cc1F. The molecule has 3 saturated carbocycles. The van der Waals surface area contributed by atoms with Gasteiger partial charge < -0.3 is 30.6 Å². The van der Waals surface area contributed by atoms with Gasteiger partial charge in [0.25, 0.3) is 11.8 Å². The molecule has 3 fully saturated rings. The maximum absolute atomic E-state index is 13.9. The number of nitrogens with one attached hydrogen (secondary N) is 2. The summed E-state index contributed by atoms with van der Waals surface area (Å²) in [5.41, 5.74) is 4.91. The number of carbonyl (C=O) groups excluding carboxylic acids is 3. The van der Waals surface area contributed by atoms with Crippen LogP contribution >= 0.6 is 11.6 Å². The fourth-order valence-electron chi connectivity index (χ4n) is 5.45. The van der Waals surface area contributed by atoms with E-state index >= 15 is 0 Å². The molecule has 0 radical (unpaired) electrons. The highest BCUT2D eigenvalue weighted by molar-refractivity contribution is 6.30. The zero-order valence-corrected chi connectivity index (χ0v) is 24.6. The van der Waals surface area contributed by atoms with Gasteiger partial charge in [-0.15, -0.1) is 0 Å². The Morgan fingerprint density at radius 3 is 2.10 bits per heavy atom. The van der Waals surface area contributed by atoms with E-state index in [9.17, 15) is 23.2 Å². The molecule has 2 atom stereocenters. The molecule has 228 valence electrons. The van der Waals surface area contributed by atoms with Gasteiger partial charge in [-0.1, -0.05) is 31.5 Å². The average molecular weight is 608 g/mol. The van der Waals surface area contributed by atoms with Crippen LogP contribution in [-0.4, -0.2) is 54.2 Å². The highest BCUT2D eigenvalue weighted by atomic mass is 35.5. The van der Waals surface area contributed by atoms with Crippen molar-refractivity contribution in [3.63, 3.8) is 0 Å². The number of rotatable bonds is 11. The number of hydrogen-bond acceptors (Lipinski definition) is 7. The predicted molar refractivity (Wildman–Crippen MR) is 151 cm³/mol. The number of hydrogen-bond donors (Lipinski definition) is 3. The second-order valence-electron chi connectivity index (χ2n) is 11.5. The lowest BCUT2D eigenvalue weighted by Crippen LogP contribution is -2.71. The van der Waals surface area contributed by atoms with Gasteiger partial charge in [-0.25, -0.2) is 8.78 Å². The lowest BCUT2D eigenvalue weighted by molar-refractivity contribution is -0.169. The first-order valence-electron chi connectivity index (χ1n) is 13.9. The van der Waals surface area contributed by atoms with Crippen LogP contribution in [0.5, 0.6) is 11.5 Å². The van der Waals surface area contributed by atoms with Gasteiger partial charge in [0.1, 0.15) is 35.3 Å². The average Bonchev–Trinajstić information content (AvgIpc) is 2.94. The fraction of sp³-hybridized carbons (Fsp3) is 0.500. The molecule has 0 saturated heterocycles. The molecule has 4 N–H and O–H groups in total. The number of amides is 2. The highest BCUT2D eigenvalue weighted by Crippen LogP contribution is 2.48. The minimum absolute atomic E-state index is 0.0564. The Bertz CT molecular complexity index is 1330. The second-order valence-corrected chi connectivity index (χ2v) is 11.9. The van der Waals surface area contributed by atoms with E-state index in [4.69, 9.17) is 31.5 Å². The first kappa shape index (κ1) is 31.5. The number of carbonyl (C=O) groups is 3. The van der Waals surface area contributed by atoms with Crippen LogP contribution in [0.3, 0.4) is 0 Å². The third-order valence-electron chi connectivity index (χ3n) is 8.11. The van der Waals surface area contributed by atoms with Crippen LogP contribution in [0.1, 0.15) is 51.5 Å². The molecule has 2 bridgehead atoms. The summed E-state index contributed by atoms with van der Waals surface area (Å²) in [6.45, 7) is 4.51. The zero-order chi connectivity index (χ0) is 30.7. The van der Waals surface area contributed by atoms with E-state index in [0.29, 0.717) is 31.2 Å². The van der Waals surface area contributed by atoms with Crippen molar-refractivity contribution in [3.8, 4) is 11.5 Å². The van der Waals surface area contributed by atoms with Crippen LogP contribution < -0.4 is 25.8 Å². The smallest absolute Gasteiger partial charge is 0.323 e. The zero-order valence-electron chi connectivity index (χ0n) is 23.8. The van der Waals surface area contributed by atoms with Gasteiger partial charge in [0.15, 0.2) is 13.2 Å². The first-order valence-corrected chi connectivity index (χ1v) is 14.2. The van der Waals surface area contributed by atoms with Crippen molar-refractivity contribution in [2.75, 3.05) is 13.2 Å². The summed E-state index contributed by atoms with van der Waals surface area (Å²) in [7, 11) is 0. The fourth-order valence-corrected chi connectivity index (χ4v) is 5.57. The van der Waals surface area contributed by atoms with Crippen molar-refractivity contribution in [1.82, 2.24) is 10.6 Å². The summed E-state index contributed by atoms with van der Waals surface area (Å²) in [4.78, 5) is 38.8. The monoisotopic (exact) mass is 607 g/mol. The third-order valence-corrected chi connectivity index (χ3v) is 8.41. The highest BCUT2D eigenvalue weighted by Gasteiger charge is 2.57. The normalized spacial score (nSPS) is 23.7. The summed E-state index contributed by atoms with van der Waals surface area (Å²) in [6, 6.07) is 7.38. The van der Waals surface area contributed by atoms with Crippen molar-refractivity contribution < 1.29 is 37.4 Å². The van der Waals surface area contributed by atoms with E-state index in [-0.39, 0.29) is 42.1 Å². The number of halogens is 3. The van der Waals surface area contributed by atoms with Crippen LogP contribution in [0.2, 0.25) is 5.02 Å². The molecule has 5 rings (SSSR count). The summed E-state index contributed by atoms with van der Waals surface area (Å²) in [5, 5.41) is 5.97. The van der Waals surface area contributed by atoms with Crippen LogP contribution in [0.4, 0.5) is 8.78 Å². The van der Waals surface area contributed by atoms with Gasteiger partial charge in [-0.2, -0.15) is 0 Å². The Balaban J connectivity index is 1.43. The van der Waals surface area contributed by atoms with Crippen LogP contribution in [0.25, 0.3) is 0 Å². The molecule has 2 amide bonds. The standard InChI is InChI=1S/C30H36ClF2N3O6/c1-17(2)27(34)28(39)42-24-14-29(35-25(37)15-40-20-6-7-21(31)23(33)13-20)8-10-30(24,11-9-29)36-26(38)16-41-19-5-4-18(3)22(32)12-19/h4-7,12-13,17,24,27H,8-11,14-16,34H2,1-3H3,(H,35,37)(H,36,38)/t24-,27+,29?,30?/m1/s1. The number of ether oxygens (including phenoxy) is 3. The number of benzene rings is 2. The molecule has 0 spiro atoms. The van der Waals surface area contributed by atoms with Crippen LogP contribution in [0, 0.1) is 24.5 Å². The largest absolute Gasteiger partial charge is 0.484 e. The molecule has 0 aliphatic heterocycles. The van der Waals surface area contributed by atoms with Crippen molar-refractivity contribution in [2.24, 2.45) is 11.7 Å². The van der Waals surface area contributed by atoms with E-state index in [1.807, 2.05) is 0 Å². The van der Waals surface area contributed by atoms with Gasteiger partial charge in [0, 0.05) is 24.1 Å². The molecule has 12 heteroatoms. The van der Waals surface area contributed by atoms with E-state index in [0.717, 1.165) is 6.07 Å². The van der Waals surface area contributed by atoms with E-state index in [1.165, 1.54) is 18.2 Å². The summed E-state index contributed by atoms with van der Waals surface area (Å²) in [5.74, 6) is -2.38. The van der Waals surface area contributed by atoms with E-state index in [2.05, 4.69) is 10.6 Å². The lowest BCUT2D eigenvalue weighted by atomic mass is 9.59. The maximum atomic E-state index is 13.9. The molecule has 0 unspecified atom stereocenters. The molecule has 42 heavy (non-hydrogen) atoms. The number of esters is 1. The number of nitrogens with two attached hydrogens (primary N) is 1. The molecule has 9 nitrogen and oxygen atoms in total. The summed E-state index contributed by atoms with van der Waals surface area (Å²) >= 11 is 5.70. The van der Waals surface area contributed by atoms with Crippen molar-refractivity contribution in [1.29, 1.82) is 0 Å². The maximum Gasteiger partial charge on any atom is 0.323 e. The van der Waals surface area contributed by atoms with Crippen molar-refractivity contribution in [2.45, 2.75) is 76.1 Å². The molecule has 0 aromatic heterocycles. The lowest BCUT2D eigenvalue weighted by Gasteiger charge is -2.57. The Morgan fingerprint density at radius 2 is 1.52 bits per heavy atom. The molecule has 0 heterocycles. The Morgan fingerprint density at radius 1 is 0.952 bits per heavy atom. The van der Waals surface area contributed by atoms with Gasteiger partial charge in [0.05, 0.1) is 10.6 Å². The van der Waals surface area contributed by atoms with Gasteiger partial charge in [-0.05, 0) is 62.3 Å². The summed E-state index contributed by atoms with van der Waals surface area (Å²) < 4.78 is 44.5. The minimum atomic E-state index is -0.894. The molecule has 2 aromatic rings. The Labute approximate surface area is 248 Å². The molecule has 3 aliphatic rings. The minimum Gasteiger partial charge on any atom is -0.484 e. The number of aryl methyl sites for hydroxylation is 1. The van der Waals surface area contributed by atoms with Crippen LogP contribution in [0.15, 0.2) is 36.4 Å². The molecule has 3 aliphatic carbocycles. The number of fused-ring (bicyclic) bond motifs is 3. The second kappa shape index (κ2) is 12.8. The first-order chi connectivity index (χ1) is 19.8. The van der Waals surface area contributed by atoms with E-state index < -0.39 is 52.6 Å². The topological polar surface area (TPSA) is 129 Å². The predicted octanol–water partition coefficient (Wildman–Crippen LogP) is 3.97. The summed E-state index contributed by atoms with van der Waals surface area (Å²) in [6.07, 6.45) is 1.30. The van der Waals surface area contributed by atoms with Gasteiger partial charge in [-0.3, -0.25) is 14.4 Å². The molecular formula is C30H36ClF2N3O6. The van der Waals surface area contributed by atoms with Gasteiger partial charge >= 0.3 is 5.97 Å². The van der Waals surface area contributed by atoms with Crippen molar-refractivity contribution in [3.05, 3.63) is 58.6 Å². The Kier molecular flexibility index (Phi) is 9.62. The van der Waals surface area contributed by atoms with Gasteiger partial charge in [0.2, 0.25) is 0 Å². The van der Waals surface area contributed by atoms with E-state index in [1.54, 1.807) is 32.9 Å². The van der Waals surface area contributed by atoms with Crippen LogP contribution in [-0.2, 0) is 19.1 Å². The molecule has 2 aromatic carbocycles. The quantitative estimate of drug-likeness (QED) is 0.330. The molecular weight excluding hydrogens is 572 g/mol. The third kappa shape index (κ3) is 7.30.